The van der Waals surface area contributed by atoms with Crippen molar-refractivity contribution in [1.82, 2.24) is 9.97 Å². The maximum Gasteiger partial charge on any atom is 0.229 e. The van der Waals surface area contributed by atoms with Gasteiger partial charge in [-0.1, -0.05) is 15.9 Å². The molecular weight excluding hydrogens is 432 g/mol. The average molecular weight is 446 g/mol. The molecule has 0 aliphatic carbocycles. The first-order valence-corrected chi connectivity index (χ1v) is 9.83. The van der Waals surface area contributed by atoms with Gasteiger partial charge in [-0.2, -0.15) is 4.99 Å². The van der Waals surface area contributed by atoms with Crippen molar-refractivity contribution in [3.05, 3.63) is 34.8 Å². The van der Waals surface area contributed by atoms with Gasteiger partial charge in [0.15, 0.2) is 0 Å². The normalized spacial score (nSPS) is 13.4. The highest BCUT2D eigenvalue weighted by Gasteiger charge is 2.15. The number of nitrogens with one attached hydrogen (secondary N) is 2. The van der Waals surface area contributed by atoms with Gasteiger partial charge in [0.1, 0.15) is 11.3 Å². The molecule has 0 radical (unpaired) electrons. The van der Waals surface area contributed by atoms with Crippen LogP contribution in [0.4, 0.5) is 11.4 Å². The molecule has 0 saturated carbocycles. The number of halogens is 2. The molecule has 0 bridgehead atoms. The zero-order valence-corrected chi connectivity index (χ0v) is 16.4. The van der Waals surface area contributed by atoms with Gasteiger partial charge >= 0.3 is 0 Å². The second-order valence-electron chi connectivity index (χ2n) is 4.83. The van der Waals surface area contributed by atoms with Crippen molar-refractivity contribution in [3.63, 3.8) is 0 Å². The smallest absolute Gasteiger partial charge is 0.229 e. The van der Waals surface area contributed by atoms with Gasteiger partial charge in [-0.25, -0.2) is 13.4 Å². The molecule has 0 unspecified atom stereocenters. The Balaban J connectivity index is 2.62. The van der Waals surface area contributed by atoms with E-state index in [2.05, 4.69) is 52.6 Å². The maximum absolute atomic E-state index is 11.8. The fourth-order valence-electron chi connectivity index (χ4n) is 1.88. The number of sulfonamides is 1. The summed E-state index contributed by atoms with van der Waals surface area (Å²) in [7, 11) is -3.55. The van der Waals surface area contributed by atoms with Gasteiger partial charge in [0.25, 0.3) is 0 Å². The van der Waals surface area contributed by atoms with E-state index in [1.54, 1.807) is 19.1 Å². The first kappa shape index (κ1) is 19.3. The molecule has 1 aromatic heterocycles. The summed E-state index contributed by atoms with van der Waals surface area (Å²) in [6.45, 7) is 5.04. The minimum absolute atomic E-state index is 0.0699. The van der Waals surface area contributed by atoms with Crippen LogP contribution in [0.2, 0.25) is 0 Å². The van der Waals surface area contributed by atoms with Crippen LogP contribution in [0.5, 0.6) is 0 Å². The molecule has 0 fully saturated rings. The second-order valence-corrected chi connectivity index (χ2v) is 8.11. The van der Waals surface area contributed by atoms with Crippen LogP contribution in [0.1, 0.15) is 6.92 Å². The molecule has 0 aliphatic heterocycles. The molecular formula is C14H14BrClN6O2S. The lowest BCUT2D eigenvalue weighted by Gasteiger charge is -2.15. The van der Waals surface area contributed by atoms with Crippen LogP contribution >= 0.6 is 27.5 Å². The van der Waals surface area contributed by atoms with Gasteiger partial charge in [0, 0.05) is 16.9 Å². The number of benzene rings is 1. The Hall–Kier alpha value is -2.04. The number of amidine groups is 1. The third-order valence-electron chi connectivity index (χ3n) is 2.84. The minimum atomic E-state index is -3.55. The molecule has 1 heterocycles. The Kier molecular flexibility index (Phi) is 6.09. The Bertz CT molecular complexity index is 986. The van der Waals surface area contributed by atoms with Crippen molar-refractivity contribution in [2.75, 3.05) is 16.3 Å². The van der Waals surface area contributed by atoms with Gasteiger partial charge in [-0.15, -0.1) is 0 Å². The third-order valence-corrected chi connectivity index (χ3v) is 4.00. The van der Waals surface area contributed by atoms with Crippen LogP contribution in [0.3, 0.4) is 0 Å². The quantitative estimate of drug-likeness (QED) is 0.417. The molecule has 0 aliphatic rings. The largest absolute Gasteiger partial charge is 0.338 e. The number of hydrogen-bond acceptors (Lipinski definition) is 6. The lowest BCUT2D eigenvalue weighted by Crippen LogP contribution is -2.13. The summed E-state index contributed by atoms with van der Waals surface area (Å²) in [4.78, 5) is 16.0. The Morgan fingerprint density at radius 3 is 2.60 bits per heavy atom. The number of aliphatic imine (C=N–C) groups is 2. The molecule has 0 amide bonds. The summed E-state index contributed by atoms with van der Waals surface area (Å²) < 4.78 is 26.6. The van der Waals surface area contributed by atoms with Gasteiger partial charge in [0.05, 0.1) is 23.1 Å². The monoisotopic (exact) mass is 444 g/mol. The summed E-state index contributed by atoms with van der Waals surface area (Å²) in [6, 6.07) is 3.36. The number of nitrogens with zero attached hydrogens (tertiary/aromatic N) is 4. The van der Waals surface area contributed by atoms with Crippen molar-refractivity contribution < 1.29 is 8.42 Å². The molecule has 2 aromatic rings. The Labute approximate surface area is 158 Å². The lowest BCUT2D eigenvalue weighted by atomic mass is 10.2. The molecule has 2 N–H and O–H groups in total. The first-order valence-electron chi connectivity index (χ1n) is 6.77. The van der Waals surface area contributed by atoms with Crippen LogP contribution in [0.15, 0.2) is 44.8 Å². The van der Waals surface area contributed by atoms with Gasteiger partial charge in [-0.3, -0.25) is 14.7 Å². The van der Waals surface area contributed by atoms with Crippen LogP contribution in [-0.4, -0.2) is 36.7 Å². The predicted molar refractivity (Wildman–Crippen MR) is 106 cm³/mol. The summed E-state index contributed by atoms with van der Waals surface area (Å²) in [5.74, 6) is 0.331. The topological polar surface area (TPSA) is 109 Å². The highest BCUT2D eigenvalue weighted by molar-refractivity contribution is 9.11. The molecule has 8 nitrogen and oxygen atoms in total. The zero-order chi connectivity index (χ0) is 18.6. The van der Waals surface area contributed by atoms with Gasteiger partial charge < -0.3 is 5.32 Å². The summed E-state index contributed by atoms with van der Waals surface area (Å²) in [5.41, 5.74) is 1.60. The molecule has 0 spiro atoms. The molecule has 2 rings (SSSR count). The van der Waals surface area contributed by atoms with E-state index in [4.69, 9.17) is 11.6 Å². The van der Waals surface area contributed by atoms with E-state index in [1.807, 2.05) is 0 Å². The number of anilines is 2. The fourth-order valence-corrected chi connectivity index (χ4v) is 2.73. The highest BCUT2D eigenvalue weighted by atomic mass is 79.9. The van der Waals surface area contributed by atoms with E-state index >= 15 is 0 Å². The fraction of sp³-hybridized carbons (Fsp3) is 0.143. The Morgan fingerprint density at radius 2 is 2.00 bits per heavy atom. The van der Waals surface area contributed by atoms with Crippen LogP contribution in [-0.2, 0) is 10.0 Å². The number of fused-ring (bicyclic) bond motifs is 1. The van der Waals surface area contributed by atoms with Crippen molar-refractivity contribution in [2.24, 2.45) is 9.98 Å². The highest BCUT2D eigenvalue weighted by Crippen LogP contribution is 2.32. The number of rotatable bonds is 5. The standard InChI is InChI=1S/C14H14BrClN6O2S/c1-8(15)13(21-14(16)17-2)20-10-5-4-9-11(19-7-6-18-9)12(10)22-25(3,23)24/h4-7,20,22H,2H2,1,3H3/b13-8+,21-14?. The van der Waals surface area contributed by atoms with E-state index < -0.39 is 10.0 Å². The Morgan fingerprint density at radius 1 is 1.32 bits per heavy atom. The maximum atomic E-state index is 11.8. The molecule has 0 atom stereocenters. The molecule has 11 heteroatoms. The van der Waals surface area contributed by atoms with Crippen LogP contribution in [0.25, 0.3) is 11.0 Å². The molecule has 1 aromatic carbocycles. The number of allylic oxidation sites excluding steroid dienone is 1. The van der Waals surface area contributed by atoms with E-state index in [0.29, 0.717) is 27.0 Å². The van der Waals surface area contributed by atoms with E-state index in [1.165, 1.54) is 12.4 Å². The van der Waals surface area contributed by atoms with Crippen molar-refractivity contribution in [3.8, 4) is 0 Å². The van der Waals surface area contributed by atoms with E-state index in [9.17, 15) is 8.42 Å². The second kappa shape index (κ2) is 7.89. The first-order chi connectivity index (χ1) is 11.7. The van der Waals surface area contributed by atoms with Crippen molar-refractivity contribution >= 4 is 72.0 Å². The zero-order valence-electron chi connectivity index (χ0n) is 13.3. The summed E-state index contributed by atoms with van der Waals surface area (Å²) in [5, 5.41) is 2.94. The number of hydrogen-bond donors (Lipinski definition) is 2. The average Bonchev–Trinajstić information content (AvgIpc) is 2.54. The van der Waals surface area contributed by atoms with Gasteiger partial charge in [-0.05, 0) is 37.4 Å². The SMILES string of the molecule is C=NC(Cl)=N/C(Nc1ccc2nccnc2c1NS(C)(=O)=O)=C(\C)Br. The summed E-state index contributed by atoms with van der Waals surface area (Å²) >= 11 is 9.12. The van der Waals surface area contributed by atoms with Crippen LogP contribution < -0.4 is 10.0 Å². The summed E-state index contributed by atoms with van der Waals surface area (Å²) in [6.07, 6.45) is 4.05. The van der Waals surface area contributed by atoms with Gasteiger partial charge in [0.2, 0.25) is 15.3 Å². The minimum Gasteiger partial charge on any atom is -0.338 e. The number of aromatic nitrogens is 2. The molecule has 25 heavy (non-hydrogen) atoms. The van der Waals surface area contributed by atoms with Crippen molar-refractivity contribution in [1.29, 1.82) is 0 Å². The van der Waals surface area contributed by atoms with Crippen LogP contribution in [0, 0.1) is 0 Å². The van der Waals surface area contributed by atoms with E-state index in [0.717, 1.165) is 6.26 Å². The molecule has 132 valence electrons. The molecule has 0 saturated heterocycles. The third kappa shape index (κ3) is 5.21. The van der Waals surface area contributed by atoms with E-state index in [-0.39, 0.29) is 11.0 Å². The predicted octanol–water partition coefficient (Wildman–Crippen LogP) is 3.29. The van der Waals surface area contributed by atoms with Crippen molar-refractivity contribution in [2.45, 2.75) is 6.92 Å². The lowest BCUT2D eigenvalue weighted by molar-refractivity contribution is 0.607.